The minimum atomic E-state index is -0.268. The lowest BCUT2D eigenvalue weighted by Gasteiger charge is -2.31. The number of H-pyrrole nitrogens is 1. The van der Waals surface area contributed by atoms with Gasteiger partial charge in [-0.05, 0) is 49.2 Å². The number of amides is 1. The summed E-state index contributed by atoms with van der Waals surface area (Å²) in [6.45, 7) is 2.53. The van der Waals surface area contributed by atoms with Crippen molar-refractivity contribution in [2.24, 2.45) is 0 Å². The van der Waals surface area contributed by atoms with Crippen LogP contribution in [-0.4, -0.2) is 40.4 Å². The average molecular weight is 366 g/mol. The first kappa shape index (κ1) is 17.7. The maximum atomic E-state index is 12.9. The van der Waals surface area contributed by atoms with Crippen LogP contribution in [0.1, 0.15) is 30.1 Å². The predicted octanol–water partition coefficient (Wildman–Crippen LogP) is 3.20. The Kier molecular flexibility index (Phi) is 5.16. The standard InChI is InChI=1S/C21H23FN4O/c22-17-9-7-15(8-10-17)12-23-20(27)14-26-11-3-4-16(13-26)21-24-18-5-1-2-6-19(18)25-21/h1-2,5-10,16H,3-4,11-14H2,(H,23,27)(H,24,25)/t16-/m0/s1. The lowest BCUT2D eigenvalue weighted by molar-refractivity contribution is -0.122. The second-order valence-electron chi connectivity index (χ2n) is 7.12. The Morgan fingerprint density at radius 1 is 1.22 bits per heavy atom. The Morgan fingerprint density at radius 3 is 2.85 bits per heavy atom. The average Bonchev–Trinajstić information content (AvgIpc) is 3.12. The summed E-state index contributed by atoms with van der Waals surface area (Å²) >= 11 is 0. The van der Waals surface area contributed by atoms with Gasteiger partial charge in [0.25, 0.3) is 0 Å². The molecule has 0 bridgehead atoms. The fourth-order valence-electron chi connectivity index (χ4n) is 3.65. The number of carbonyl (C=O) groups excluding carboxylic acids is 1. The topological polar surface area (TPSA) is 61.0 Å². The molecule has 0 saturated carbocycles. The van der Waals surface area contributed by atoms with E-state index in [4.69, 9.17) is 4.98 Å². The molecule has 0 spiro atoms. The number of aromatic nitrogens is 2. The van der Waals surface area contributed by atoms with E-state index in [1.165, 1.54) is 12.1 Å². The third kappa shape index (κ3) is 4.34. The molecule has 6 heteroatoms. The fraction of sp³-hybridized carbons (Fsp3) is 0.333. The van der Waals surface area contributed by atoms with Crippen LogP contribution < -0.4 is 5.32 Å². The van der Waals surface area contributed by atoms with Gasteiger partial charge in [0.15, 0.2) is 0 Å². The molecule has 1 fully saturated rings. The van der Waals surface area contributed by atoms with Crippen LogP contribution in [0.3, 0.4) is 0 Å². The maximum absolute atomic E-state index is 12.9. The molecule has 4 rings (SSSR count). The van der Waals surface area contributed by atoms with Gasteiger partial charge in [0.1, 0.15) is 11.6 Å². The molecule has 0 radical (unpaired) electrons. The number of piperidine rings is 1. The number of halogens is 1. The number of rotatable bonds is 5. The van der Waals surface area contributed by atoms with E-state index >= 15 is 0 Å². The van der Waals surface area contributed by atoms with Crippen molar-refractivity contribution in [2.45, 2.75) is 25.3 Å². The number of fused-ring (bicyclic) bond motifs is 1. The summed E-state index contributed by atoms with van der Waals surface area (Å²) in [5, 5.41) is 2.92. The van der Waals surface area contributed by atoms with Gasteiger partial charge >= 0.3 is 0 Å². The molecular formula is C21H23FN4O. The van der Waals surface area contributed by atoms with Crippen molar-refractivity contribution in [3.63, 3.8) is 0 Å². The largest absolute Gasteiger partial charge is 0.351 e. The number of carbonyl (C=O) groups is 1. The SMILES string of the molecule is O=C(CN1CCC[C@H](c2nc3ccccc3[nH]2)C1)NCc1ccc(F)cc1. The van der Waals surface area contributed by atoms with Gasteiger partial charge in [0.05, 0.1) is 17.6 Å². The van der Waals surface area contributed by atoms with E-state index in [1.54, 1.807) is 12.1 Å². The molecule has 27 heavy (non-hydrogen) atoms. The highest BCUT2D eigenvalue weighted by Crippen LogP contribution is 2.26. The van der Waals surface area contributed by atoms with Crippen molar-refractivity contribution in [2.75, 3.05) is 19.6 Å². The van der Waals surface area contributed by atoms with Gasteiger partial charge in [-0.1, -0.05) is 24.3 Å². The van der Waals surface area contributed by atoms with Gasteiger partial charge in [0, 0.05) is 19.0 Å². The van der Waals surface area contributed by atoms with E-state index in [1.807, 2.05) is 24.3 Å². The van der Waals surface area contributed by atoms with Crippen LogP contribution >= 0.6 is 0 Å². The van der Waals surface area contributed by atoms with Gasteiger partial charge in [-0.2, -0.15) is 0 Å². The van der Waals surface area contributed by atoms with Crippen LogP contribution in [-0.2, 0) is 11.3 Å². The van der Waals surface area contributed by atoms with Gasteiger partial charge < -0.3 is 10.3 Å². The van der Waals surface area contributed by atoms with Crippen molar-refractivity contribution in [1.29, 1.82) is 0 Å². The van der Waals surface area contributed by atoms with E-state index in [0.29, 0.717) is 19.0 Å². The molecule has 1 aliphatic rings. The first-order valence-corrected chi connectivity index (χ1v) is 9.35. The highest BCUT2D eigenvalue weighted by molar-refractivity contribution is 5.78. The van der Waals surface area contributed by atoms with Crippen molar-refractivity contribution in [1.82, 2.24) is 20.2 Å². The lowest BCUT2D eigenvalue weighted by Crippen LogP contribution is -2.42. The minimum absolute atomic E-state index is 0.00965. The summed E-state index contributed by atoms with van der Waals surface area (Å²) in [6.07, 6.45) is 2.13. The molecule has 1 atom stereocenters. The Bertz CT molecular complexity index is 888. The summed E-state index contributed by atoms with van der Waals surface area (Å²) < 4.78 is 12.9. The van der Waals surface area contributed by atoms with Crippen LogP contribution in [0.25, 0.3) is 11.0 Å². The number of nitrogens with zero attached hydrogens (tertiary/aromatic N) is 2. The zero-order valence-corrected chi connectivity index (χ0v) is 15.1. The number of aromatic amines is 1. The third-order valence-corrected chi connectivity index (χ3v) is 5.07. The first-order chi connectivity index (χ1) is 13.2. The first-order valence-electron chi connectivity index (χ1n) is 9.35. The Hall–Kier alpha value is -2.73. The maximum Gasteiger partial charge on any atom is 0.234 e. The van der Waals surface area contributed by atoms with Crippen LogP contribution in [0.4, 0.5) is 4.39 Å². The smallest absolute Gasteiger partial charge is 0.234 e. The Morgan fingerprint density at radius 2 is 2.04 bits per heavy atom. The van der Waals surface area contributed by atoms with Crippen LogP contribution in [0.2, 0.25) is 0 Å². The predicted molar refractivity (Wildman–Crippen MR) is 103 cm³/mol. The van der Waals surface area contributed by atoms with E-state index in [2.05, 4.69) is 15.2 Å². The van der Waals surface area contributed by atoms with Crippen LogP contribution in [0, 0.1) is 5.82 Å². The fourth-order valence-corrected chi connectivity index (χ4v) is 3.65. The molecule has 1 aliphatic heterocycles. The molecule has 2 N–H and O–H groups in total. The van der Waals surface area contributed by atoms with Crippen LogP contribution in [0.15, 0.2) is 48.5 Å². The summed E-state index contributed by atoms with van der Waals surface area (Å²) in [7, 11) is 0. The molecule has 5 nitrogen and oxygen atoms in total. The molecular weight excluding hydrogens is 343 g/mol. The molecule has 2 heterocycles. The molecule has 3 aromatic rings. The number of para-hydroxylation sites is 2. The molecule has 1 saturated heterocycles. The number of hydrogen-bond donors (Lipinski definition) is 2. The number of nitrogens with one attached hydrogen (secondary N) is 2. The van der Waals surface area contributed by atoms with E-state index < -0.39 is 0 Å². The summed E-state index contributed by atoms with van der Waals surface area (Å²) in [5.74, 6) is 1.04. The van der Waals surface area contributed by atoms with Crippen molar-refractivity contribution < 1.29 is 9.18 Å². The third-order valence-electron chi connectivity index (χ3n) is 5.07. The normalized spacial score (nSPS) is 17.9. The Balaban J connectivity index is 1.32. The number of imidazole rings is 1. The number of benzene rings is 2. The van der Waals surface area contributed by atoms with Gasteiger partial charge in [-0.25, -0.2) is 9.37 Å². The van der Waals surface area contributed by atoms with Crippen LogP contribution in [0.5, 0.6) is 0 Å². The highest BCUT2D eigenvalue weighted by Gasteiger charge is 2.25. The van der Waals surface area contributed by atoms with Crippen molar-refractivity contribution in [3.05, 3.63) is 65.7 Å². The van der Waals surface area contributed by atoms with Gasteiger partial charge in [0.2, 0.25) is 5.91 Å². The zero-order valence-electron chi connectivity index (χ0n) is 15.1. The lowest BCUT2D eigenvalue weighted by atomic mass is 9.97. The van der Waals surface area contributed by atoms with Gasteiger partial charge in [-0.15, -0.1) is 0 Å². The molecule has 0 aliphatic carbocycles. The van der Waals surface area contributed by atoms with Gasteiger partial charge in [-0.3, -0.25) is 9.69 Å². The van der Waals surface area contributed by atoms with Crippen molar-refractivity contribution in [3.8, 4) is 0 Å². The summed E-state index contributed by atoms with van der Waals surface area (Å²) in [6, 6.07) is 14.2. The summed E-state index contributed by atoms with van der Waals surface area (Å²) in [4.78, 5) is 22.6. The summed E-state index contributed by atoms with van der Waals surface area (Å²) in [5.41, 5.74) is 2.94. The Labute approximate surface area is 157 Å². The molecule has 2 aromatic carbocycles. The molecule has 140 valence electrons. The number of likely N-dealkylation sites (tertiary alicyclic amines) is 1. The van der Waals surface area contributed by atoms with E-state index in [9.17, 15) is 9.18 Å². The molecule has 1 aromatic heterocycles. The second kappa shape index (κ2) is 7.88. The molecule has 0 unspecified atom stereocenters. The minimum Gasteiger partial charge on any atom is -0.351 e. The monoisotopic (exact) mass is 366 g/mol. The highest BCUT2D eigenvalue weighted by atomic mass is 19.1. The quantitative estimate of drug-likeness (QED) is 0.729. The number of hydrogen-bond acceptors (Lipinski definition) is 3. The zero-order chi connectivity index (χ0) is 18.6. The molecule has 1 amide bonds. The van der Waals surface area contributed by atoms with E-state index in [-0.39, 0.29) is 11.7 Å². The van der Waals surface area contributed by atoms with Crippen molar-refractivity contribution >= 4 is 16.9 Å². The second-order valence-corrected chi connectivity index (χ2v) is 7.12. The van der Waals surface area contributed by atoms with E-state index in [0.717, 1.165) is 48.4 Å².